The minimum Gasteiger partial charge on any atom is -0.490 e. The summed E-state index contributed by atoms with van der Waals surface area (Å²) in [6.07, 6.45) is 0. The SMILES string of the molecule is CCOc1cc([C@H]2NC(=S)NC(C)=C2C(C)=O)cc(Cl)c1OCc1ccc(Cl)cc1Cl. The number of halogens is 3. The van der Waals surface area contributed by atoms with Crippen molar-refractivity contribution in [1.29, 1.82) is 0 Å². The lowest BCUT2D eigenvalue weighted by molar-refractivity contribution is -0.114. The van der Waals surface area contributed by atoms with E-state index in [0.29, 0.717) is 49.6 Å². The summed E-state index contributed by atoms with van der Waals surface area (Å²) in [5, 5.41) is 7.95. The third-order valence-corrected chi connectivity index (χ3v) is 5.79. The first-order chi connectivity index (χ1) is 14.7. The van der Waals surface area contributed by atoms with E-state index in [1.165, 1.54) is 6.92 Å². The maximum Gasteiger partial charge on any atom is 0.180 e. The molecule has 5 nitrogen and oxygen atoms in total. The predicted octanol–water partition coefficient (Wildman–Crippen LogP) is 6.01. The first kappa shape index (κ1) is 23.7. The number of benzene rings is 2. The molecule has 1 aliphatic rings. The lowest BCUT2D eigenvalue weighted by Crippen LogP contribution is -2.44. The smallest absolute Gasteiger partial charge is 0.180 e. The number of ketones is 1. The van der Waals surface area contributed by atoms with Gasteiger partial charge < -0.3 is 20.1 Å². The van der Waals surface area contributed by atoms with Gasteiger partial charge in [0.15, 0.2) is 22.4 Å². The minimum absolute atomic E-state index is 0.0724. The number of hydrogen-bond acceptors (Lipinski definition) is 4. The molecule has 0 bridgehead atoms. The Labute approximate surface area is 201 Å². The van der Waals surface area contributed by atoms with Gasteiger partial charge in [-0.2, -0.15) is 0 Å². The van der Waals surface area contributed by atoms with Crippen LogP contribution in [0, 0.1) is 0 Å². The Morgan fingerprint density at radius 2 is 1.87 bits per heavy atom. The highest BCUT2D eigenvalue weighted by Crippen LogP contribution is 2.41. The number of carbonyl (C=O) groups is 1. The largest absolute Gasteiger partial charge is 0.490 e. The van der Waals surface area contributed by atoms with Crippen LogP contribution in [0.1, 0.15) is 37.9 Å². The summed E-state index contributed by atoms with van der Waals surface area (Å²) < 4.78 is 11.8. The number of nitrogens with one attached hydrogen (secondary N) is 2. The van der Waals surface area contributed by atoms with Crippen molar-refractivity contribution in [2.45, 2.75) is 33.4 Å². The van der Waals surface area contributed by atoms with Crippen LogP contribution in [-0.2, 0) is 11.4 Å². The number of ether oxygens (including phenoxy) is 2. The molecular formula is C22H21Cl3N2O3S. The molecule has 31 heavy (non-hydrogen) atoms. The van der Waals surface area contributed by atoms with E-state index in [1.807, 2.05) is 13.8 Å². The van der Waals surface area contributed by atoms with Crippen molar-refractivity contribution in [2.75, 3.05) is 6.61 Å². The van der Waals surface area contributed by atoms with Gasteiger partial charge in [0.05, 0.1) is 17.7 Å². The molecule has 1 atom stereocenters. The molecule has 0 saturated carbocycles. The number of hydrogen-bond donors (Lipinski definition) is 2. The Morgan fingerprint density at radius 3 is 2.52 bits per heavy atom. The van der Waals surface area contributed by atoms with Crippen molar-refractivity contribution in [3.05, 3.63) is 67.8 Å². The second-order valence-electron chi connectivity index (χ2n) is 6.91. The molecule has 0 radical (unpaired) electrons. The zero-order valence-corrected chi connectivity index (χ0v) is 20.2. The van der Waals surface area contributed by atoms with Gasteiger partial charge in [0.25, 0.3) is 0 Å². The molecule has 9 heteroatoms. The summed E-state index contributed by atoms with van der Waals surface area (Å²) in [6, 6.07) is 8.27. The second kappa shape index (κ2) is 10.1. The maximum absolute atomic E-state index is 12.3. The van der Waals surface area contributed by atoms with E-state index >= 15 is 0 Å². The van der Waals surface area contributed by atoms with Crippen LogP contribution in [-0.4, -0.2) is 17.5 Å². The summed E-state index contributed by atoms with van der Waals surface area (Å²) in [6.45, 7) is 5.79. The molecule has 1 aliphatic heterocycles. The lowest BCUT2D eigenvalue weighted by atomic mass is 9.93. The van der Waals surface area contributed by atoms with Crippen LogP contribution in [0.5, 0.6) is 11.5 Å². The van der Waals surface area contributed by atoms with E-state index in [9.17, 15) is 4.79 Å². The third kappa shape index (κ3) is 5.44. The quantitative estimate of drug-likeness (QED) is 0.455. The summed E-state index contributed by atoms with van der Waals surface area (Å²) in [4.78, 5) is 12.3. The average Bonchev–Trinajstić information content (AvgIpc) is 2.67. The molecule has 0 unspecified atom stereocenters. The maximum atomic E-state index is 12.3. The molecule has 2 aromatic carbocycles. The van der Waals surface area contributed by atoms with Crippen molar-refractivity contribution >= 4 is 57.9 Å². The topological polar surface area (TPSA) is 59.6 Å². The summed E-state index contributed by atoms with van der Waals surface area (Å²) in [7, 11) is 0. The van der Waals surface area contributed by atoms with Crippen LogP contribution in [0.2, 0.25) is 15.1 Å². The third-order valence-electron chi connectivity index (χ3n) is 4.70. The fourth-order valence-electron chi connectivity index (χ4n) is 3.36. The Bertz CT molecular complexity index is 1070. The average molecular weight is 500 g/mol. The van der Waals surface area contributed by atoms with Crippen LogP contribution < -0.4 is 20.1 Å². The summed E-state index contributed by atoms with van der Waals surface area (Å²) in [5.74, 6) is 0.776. The van der Waals surface area contributed by atoms with Crippen LogP contribution in [0.3, 0.4) is 0 Å². The molecule has 2 aromatic rings. The monoisotopic (exact) mass is 498 g/mol. The van der Waals surface area contributed by atoms with Crippen LogP contribution >= 0.6 is 47.0 Å². The van der Waals surface area contributed by atoms with Gasteiger partial charge in [-0.15, -0.1) is 0 Å². The van der Waals surface area contributed by atoms with Gasteiger partial charge >= 0.3 is 0 Å². The Balaban J connectivity index is 1.97. The highest BCUT2D eigenvalue weighted by molar-refractivity contribution is 7.80. The molecule has 0 aromatic heterocycles. The number of thiocarbonyl (C=S) groups is 1. The summed E-state index contributed by atoms with van der Waals surface area (Å²) >= 11 is 24.1. The van der Waals surface area contributed by atoms with Gasteiger partial charge in [-0.1, -0.05) is 40.9 Å². The number of allylic oxidation sites excluding steroid dienone is 1. The van der Waals surface area contributed by atoms with Gasteiger partial charge in [-0.05, 0) is 62.8 Å². The van der Waals surface area contributed by atoms with E-state index in [2.05, 4.69) is 10.6 Å². The number of rotatable bonds is 7. The zero-order chi connectivity index (χ0) is 22.7. The van der Waals surface area contributed by atoms with Gasteiger partial charge in [-0.25, -0.2) is 0 Å². The molecule has 0 fully saturated rings. The first-order valence-corrected chi connectivity index (χ1v) is 11.1. The molecule has 1 heterocycles. The Hall–Kier alpha value is -1.99. The molecule has 0 aliphatic carbocycles. The molecule has 0 spiro atoms. The normalized spacial score (nSPS) is 15.9. The van der Waals surface area contributed by atoms with Gasteiger partial charge in [-0.3, -0.25) is 4.79 Å². The standard InChI is InChI=1S/C22H21Cl3N2O3S/c1-4-29-18-8-14(20-19(12(3)28)11(2)26-22(31)27-20)7-17(25)21(18)30-10-13-5-6-15(23)9-16(13)24/h5-9,20H,4,10H2,1-3H3,(H2,26,27,31)/t20-/m1/s1. The Kier molecular flexibility index (Phi) is 7.70. The van der Waals surface area contributed by atoms with E-state index in [1.54, 1.807) is 30.3 Å². The van der Waals surface area contributed by atoms with Crippen LogP contribution in [0.25, 0.3) is 0 Å². The fourth-order valence-corrected chi connectivity index (χ4v) is 4.36. The van der Waals surface area contributed by atoms with E-state index in [4.69, 9.17) is 56.5 Å². The lowest BCUT2D eigenvalue weighted by Gasteiger charge is -2.30. The molecular weight excluding hydrogens is 479 g/mol. The number of Topliss-reactive ketones (excluding diaryl/α,β-unsaturated/α-hetero) is 1. The first-order valence-electron chi connectivity index (χ1n) is 9.53. The van der Waals surface area contributed by atoms with Gasteiger partial charge in [0, 0.05) is 26.9 Å². The number of carbonyl (C=O) groups excluding carboxylic acids is 1. The van der Waals surface area contributed by atoms with Crippen molar-refractivity contribution in [1.82, 2.24) is 10.6 Å². The predicted molar refractivity (Wildman–Crippen MR) is 128 cm³/mol. The highest BCUT2D eigenvalue weighted by Gasteiger charge is 2.29. The van der Waals surface area contributed by atoms with Gasteiger partial charge in [0.2, 0.25) is 0 Å². The molecule has 2 N–H and O–H groups in total. The van der Waals surface area contributed by atoms with E-state index in [0.717, 1.165) is 11.1 Å². The highest BCUT2D eigenvalue weighted by atomic mass is 35.5. The second-order valence-corrected chi connectivity index (χ2v) is 8.57. The van der Waals surface area contributed by atoms with Crippen LogP contribution in [0.15, 0.2) is 41.6 Å². The van der Waals surface area contributed by atoms with Crippen molar-refractivity contribution in [3.63, 3.8) is 0 Å². The summed E-state index contributed by atoms with van der Waals surface area (Å²) in [5.41, 5.74) is 2.77. The van der Waals surface area contributed by atoms with E-state index in [-0.39, 0.29) is 12.4 Å². The zero-order valence-electron chi connectivity index (χ0n) is 17.1. The molecule has 0 saturated heterocycles. The minimum atomic E-state index is -0.456. The molecule has 164 valence electrons. The van der Waals surface area contributed by atoms with Crippen molar-refractivity contribution in [2.24, 2.45) is 0 Å². The fraction of sp³-hybridized carbons (Fsp3) is 0.273. The van der Waals surface area contributed by atoms with E-state index < -0.39 is 6.04 Å². The molecule has 0 amide bonds. The Morgan fingerprint density at radius 1 is 1.13 bits per heavy atom. The van der Waals surface area contributed by atoms with Crippen molar-refractivity contribution in [3.8, 4) is 11.5 Å². The van der Waals surface area contributed by atoms with Crippen LogP contribution in [0.4, 0.5) is 0 Å². The van der Waals surface area contributed by atoms with Crippen molar-refractivity contribution < 1.29 is 14.3 Å². The van der Waals surface area contributed by atoms with Gasteiger partial charge in [0.1, 0.15) is 6.61 Å². The molecule has 3 rings (SSSR count).